The van der Waals surface area contributed by atoms with Gasteiger partial charge in [-0.15, -0.1) is 0 Å². The van der Waals surface area contributed by atoms with Crippen LogP contribution in [-0.2, 0) is 11.3 Å². The molecule has 0 fully saturated rings. The zero-order chi connectivity index (χ0) is 19.7. The molecular weight excluding hydrogens is 398 g/mol. The van der Waals surface area contributed by atoms with Gasteiger partial charge in [-0.1, -0.05) is 29.8 Å². The van der Waals surface area contributed by atoms with Crippen molar-refractivity contribution in [2.75, 3.05) is 6.79 Å². The zero-order valence-corrected chi connectivity index (χ0v) is 16.6. The molecule has 0 radical (unpaired) electrons. The van der Waals surface area contributed by atoms with Crippen LogP contribution in [0.2, 0.25) is 5.02 Å². The Morgan fingerprint density at radius 3 is 2.75 bits per heavy atom. The molecule has 2 aromatic carbocycles. The van der Waals surface area contributed by atoms with E-state index in [0.717, 1.165) is 11.1 Å². The van der Waals surface area contributed by atoms with Crippen molar-refractivity contribution in [1.29, 1.82) is 0 Å². The molecule has 144 valence electrons. The minimum Gasteiger partial charge on any atom is -0.454 e. The van der Waals surface area contributed by atoms with Gasteiger partial charge in [0.15, 0.2) is 16.6 Å². The monoisotopic (exact) mass is 415 g/mol. The molecule has 8 heteroatoms. The van der Waals surface area contributed by atoms with Crippen LogP contribution < -0.4 is 25.4 Å². The van der Waals surface area contributed by atoms with Gasteiger partial charge >= 0.3 is 0 Å². The minimum absolute atomic E-state index is 0.183. The van der Waals surface area contributed by atoms with Crippen LogP contribution in [0.1, 0.15) is 24.1 Å². The first kappa shape index (κ1) is 18.6. The molecule has 3 N–H and O–H groups in total. The highest BCUT2D eigenvalue weighted by Crippen LogP contribution is 2.32. The number of amides is 1. The number of carbonyl (C=O) groups excluding carboxylic acids is 1. The van der Waals surface area contributed by atoms with Gasteiger partial charge in [0.05, 0.1) is 11.6 Å². The van der Waals surface area contributed by atoms with Crippen LogP contribution in [0.25, 0.3) is 0 Å². The molecule has 2 aromatic rings. The smallest absolute Gasteiger partial charge is 0.251 e. The minimum atomic E-state index is -0.359. The lowest BCUT2D eigenvalue weighted by atomic mass is 9.95. The van der Waals surface area contributed by atoms with Crippen molar-refractivity contribution >= 4 is 34.8 Å². The number of carbonyl (C=O) groups is 1. The molecule has 2 aliphatic rings. The molecule has 0 aliphatic carbocycles. The summed E-state index contributed by atoms with van der Waals surface area (Å²) in [7, 11) is 0. The second kappa shape index (κ2) is 7.69. The molecule has 0 saturated carbocycles. The van der Waals surface area contributed by atoms with E-state index >= 15 is 0 Å². The fraction of sp³-hybridized carbons (Fsp3) is 0.200. The number of hydrogen-bond acceptors (Lipinski definition) is 4. The third-order valence-electron chi connectivity index (χ3n) is 4.61. The van der Waals surface area contributed by atoms with E-state index in [9.17, 15) is 4.79 Å². The SMILES string of the molecule is CC1=C(C(=O)NCc2ccc3c(c2)OCO3)C(c2ccc(Cl)cc2)NC(=S)N1. The molecular formula is C20H18ClN3O3S. The van der Waals surface area contributed by atoms with Crippen LogP contribution in [0.4, 0.5) is 0 Å². The summed E-state index contributed by atoms with van der Waals surface area (Å²) < 4.78 is 10.7. The van der Waals surface area contributed by atoms with Gasteiger partial charge in [-0.05, 0) is 54.5 Å². The number of thiocarbonyl (C=S) groups is 1. The molecule has 6 nitrogen and oxygen atoms in total. The standard InChI is InChI=1S/C20H18ClN3O3S/c1-11-17(18(24-20(28)23-11)13-3-5-14(21)6-4-13)19(25)22-9-12-2-7-15-16(8-12)27-10-26-15/h2-8,18H,9-10H2,1H3,(H,22,25)(H2,23,24,28). The summed E-state index contributed by atoms with van der Waals surface area (Å²) in [6.45, 7) is 2.42. The molecule has 4 rings (SSSR count). The fourth-order valence-corrected chi connectivity index (χ4v) is 3.63. The molecule has 2 aliphatic heterocycles. The molecule has 0 bridgehead atoms. The number of allylic oxidation sites excluding steroid dienone is 1. The molecule has 0 spiro atoms. The Morgan fingerprint density at radius 1 is 1.21 bits per heavy atom. The first-order valence-corrected chi connectivity index (χ1v) is 9.50. The number of halogens is 1. The highest BCUT2D eigenvalue weighted by Gasteiger charge is 2.29. The number of nitrogens with one attached hydrogen (secondary N) is 3. The average molecular weight is 416 g/mol. The second-order valence-electron chi connectivity index (χ2n) is 6.49. The van der Waals surface area contributed by atoms with Crippen molar-refractivity contribution in [1.82, 2.24) is 16.0 Å². The lowest BCUT2D eigenvalue weighted by molar-refractivity contribution is -0.118. The third kappa shape index (κ3) is 3.76. The normalized spacial score (nSPS) is 17.8. The molecule has 28 heavy (non-hydrogen) atoms. The van der Waals surface area contributed by atoms with Gasteiger partial charge in [0.1, 0.15) is 0 Å². The van der Waals surface area contributed by atoms with E-state index in [1.165, 1.54) is 0 Å². The Balaban J connectivity index is 1.54. The van der Waals surface area contributed by atoms with Crippen LogP contribution in [0, 0.1) is 0 Å². The van der Waals surface area contributed by atoms with Crippen molar-refractivity contribution < 1.29 is 14.3 Å². The summed E-state index contributed by atoms with van der Waals surface area (Å²) in [5.74, 6) is 1.22. The van der Waals surface area contributed by atoms with Crippen LogP contribution in [0.3, 0.4) is 0 Å². The van der Waals surface area contributed by atoms with E-state index in [0.29, 0.717) is 39.4 Å². The quantitative estimate of drug-likeness (QED) is 0.666. The molecule has 0 saturated heterocycles. The Hall–Kier alpha value is -2.77. The Labute approximate surface area is 172 Å². The highest BCUT2D eigenvalue weighted by atomic mass is 35.5. The Bertz CT molecular complexity index is 975. The molecule has 1 atom stereocenters. The van der Waals surface area contributed by atoms with Crippen LogP contribution >= 0.6 is 23.8 Å². The van der Waals surface area contributed by atoms with Gasteiger partial charge in [0.2, 0.25) is 6.79 Å². The second-order valence-corrected chi connectivity index (χ2v) is 7.34. The molecule has 0 aromatic heterocycles. The van der Waals surface area contributed by atoms with Gasteiger partial charge in [-0.3, -0.25) is 4.79 Å². The van der Waals surface area contributed by atoms with E-state index in [4.69, 9.17) is 33.3 Å². The predicted molar refractivity (Wildman–Crippen MR) is 110 cm³/mol. The van der Waals surface area contributed by atoms with Crippen LogP contribution in [0.5, 0.6) is 11.5 Å². The predicted octanol–water partition coefficient (Wildman–Crippen LogP) is 3.18. The summed E-state index contributed by atoms with van der Waals surface area (Å²) in [5.41, 5.74) is 3.12. The number of benzene rings is 2. The maximum Gasteiger partial charge on any atom is 0.251 e. The number of hydrogen-bond donors (Lipinski definition) is 3. The van der Waals surface area contributed by atoms with Gasteiger partial charge in [-0.25, -0.2) is 0 Å². The first-order valence-electron chi connectivity index (χ1n) is 8.72. The molecule has 1 unspecified atom stereocenters. The number of rotatable bonds is 4. The summed E-state index contributed by atoms with van der Waals surface area (Å²) in [5, 5.41) is 10.3. The average Bonchev–Trinajstić information content (AvgIpc) is 3.14. The van der Waals surface area contributed by atoms with Crippen molar-refractivity contribution in [3.8, 4) is 11.5 Å². The molecule has 2 heterocycles. The zero-order valence-electron chi connectivity index (χ0n) is 15.0. The van der Waals surface area contributed by atoms with E-state index < -0.39 is 0 Å². The molecule has 1 amide bonds. The summed E-state index contributed by atoms with van der Waals surface area (Å²) >= 11 is 11.3. The lowest BCUT2D eigenvalue weighted by Crippen LogP contribution is -2.46. The highest BCUT2D eigenvalue weighted by molar-refractivity contribution is 7.80. The van der Waals surface area contributed by atoms with Gasteiger partial charge in [0.25, 0.3) is 5.91 Å². The van der Waals surface area contributed by atoms with Crippen molar-refractivity contribution in [2.45, 2.75) is 19.5 Å². The van der Waals surface area contributed by atoms with Gasteiger partial charge in [0, 0.05) is 17.3 Å². The number of ether oxygens (including phenoxy) is 2. The lowest BCUT2D eigenvalue weighted by Gasteiger charge is -2.30. The fourth-order valence-electron chi connectivity index (χ4n) is 3.23. The summed E-state index contributed by atoms with van der Waals surface area (Å²) in [4.78, 5) is 13.0. The van der Waals surface area contributed by atoms with Crippen molar-refractivity contribution in [2.24, 2.45) is 0 Å². The first-order chi connectivity index (χ1) is 13.5. The maximum atomic E-state index is 13.0. The van der Waals surface area contributed by atoms with Crippen molar-refractivity contribution in [3.05, 3.63) is 69.9 Å². The number of fused-ring (bicyclic) bond motifs is 1. The third-order valence-corrected chi connectivity index (χ3v) is 5.08. The maximum absolute atomic E-state index is 13.0. The van der Waals surface area contributed by atoms with E-state index in [1.807, 2.05) is 37.3 Å². The van der Waals surface area contributed by atoms with E-state index in [1.54, 1.807) is 12.1 Å². The largest absolute Gasteiger partial charge is 0.454 e. The van der Waals surface area contributed by atoms with Gasteiger partial charge in [-0.2, -0.15) is 0 Å². The van der Waals surface area contributed by atoms with Crippen LogP contribution in [-0.4, -0.2) is 17.8 Å². The van der Waals surface area contributed by atoms with Crippen LogP contribution in [0.15, 0.2) is 53.7 Å². The summed E-state index contributed by atoms with van der Waals surface area (Å²) in [6, 6.07) is 12.6. The van der Waals surface area contributed by atoms with E-state index in [-0.39, 0.29) is 18.7 Å². The Kier molecular flexibility index (Phi) is 5.11. The van der Waals surface area contributed by atoms with Crippen molar-refractivity contribution in [3.63, 3.8) is 0 Å². The van der Waals surface area contributed by atoms with E-state index in [2.05, 4.69) is 16.0 Å². The Morgan fingerprint density at radius 2 is 1.96 bits per heavy atom. The van der Waals surface area contributed by atoms with Gasteiger partial charge < -0.3 is 25.4 Å². The summed E-state index contributed by atoms with van der Waals surface area (Å²) in [6.07, 6.45) is 0. The topological polar surface area (TPSA) is 71.6 Å².